The van der Waals surface area contributed by atoms with Crippen LogP contribution < -0.4 is 0 Å². The SMILES string of the molecule is C=C/C(=C\C=C/C)C1=CC2CC=C(C)C=C2C=C1. The Kier molecular flexibility index (Phi) is 3.99. The Morgan fingerprint density at radius 3 is 2.94 bits per heavy atom. The van der Waals surface area contributed by atoms with Crippen molar-refractivity contribution in [3.05, 3.63) is 83.6 Å². The molecule has 0 amide bonds. The molecule has 0 bridgehead atoms. The summed E-state index contributed by atoms with van der Waals surface area (Å²) in [6.45, 7) is 8.09. The van der Waals surface area contributed by atoms with Gasteiger partial charge in [-0.15, -0.1) is 0 Å². The van der Waals surface area contributed by atoms with Gasteiger partial charge in [0.2, 0.25) is 0 Å². The number of hydrogen-bond acceptors (Lipinski definition) is 0. The van der Waals surface area contributed by atoms with Crippen LogP contribution >= 0.6 is 0 Å². The molecule has 0 heteroatoms. The summed E-state index contributed by atoms with van der Waals surface area (Å²) >= 11 is 0. The standard InChI is InChI=1S/C18H20/c1-4-6-7-15(5-2)17-11-10-16-12-14(3)8-9-18(16)13-17/h4-8,10-13,18H,2,9H2,1,3H3/b6-4-,15-7+. The highest BCUT2D eigenvalue weighted by Crippen LogP contribution is 2.32. The van der Waals surface area contributed by atoms with E-state index in [9.17, 15) is 0 Å². The first kappa shape index (κ1) is 12.6. The van der Waals surface area contributed by atoms with Crippen molar-refractivity contribution < 1.29 is 0 Å². The Morgan fingerprint density at radius 1 is 1.39 bits per heavy atom. The van der Waals surface area contributed by atoms with Crippen molar-refractivity contribution in [1.82, 2.24) is 0 Å². The number of hydrogen-bond donors (Lipinski definition) is 0. The normalized spacial score (nSPS) is 23.3. The highest BCUT2D eigenvalue weighted by atomic mass is 14.2. The van der Waals surface area contributed by atoms with Crippen LogP contribution in [-0.2, 0) is 0 Å². The summed E-state index contributed by atoms with van der Waals surface area (Å²) in [6.07, 6.45) is 20.6. The van der Waals surface area contributed by atoms with E-state index in [0.717, 1.165) is 6.42 Å². The molecule has 0 aliphatic heterocycles. The molecule has 0 aromatic heterocycles. The lowest BCUT2D eigenvalue weighted by molar-refractivity contribution is 0.767. The van der Waals surface area contributed by atoms with Crippen LogP contribution in [0.15, 0.2) is 83.6 Å². The molecule has 1 unspecified atom stereocenters. The van der Waals surface area contributed by atoms with Gasteiger partial charge in [0, 0.05) is 5.92 Å². The molecule has 2 rings (SSSR count). The lowest BCUT2D eigenvalue weighted by Gasteiger charge is -2.22. The van der Waals surface area contributed by atoms with Gasteiger partial charge in [-0.25, -0.2) is 0 Å². The van der Waals surface area contributed by atoms with E-state index in [-0.39, 0.29) is 0 Å². The van der Waals surface area contributed by atoms with Crippen molar-refractivity contribution in [3.8, 4) is 0 Å². The van der Waals surface area contributed by atoms with Gasteiger partial charge in [-0.3, -0.25) is 0 Å². The quantitative estimate of drug-likeness (QED) is 0.600. The third-order valence-electron chi connectivity index (χ3n) is 3.37. The molecule has 92 valence electrons. The molecule has 0 aromatic rings. The highest BCUT2D eigenvalue weighted by Gasteiger charge is 2.17. The molecule has 1 atom stereocenters. The van der Waals surface area contributed by atoms with Gasteiger partial charge in [0.05, 0.1) is 0 Å². The van der Waals surface area contributed by atoms with Crippen LogP contribution in [0.2, 0.25) is 0 Å². The van der Waals surface area contributed by atoms with Crippen LogP contribution in [0.5, 0.6) is 0 Å². The van der Waals surface area contributed by atoms with Gasteiger partial charge in [0.15, 0.2) is 0 Å². The van der Waals surface area contributed by atoms with Gasteiger partial charge in [0.1, 0.15) is 0 Å². The van der Waals surface area contributed by atoms with E-state index >= 15 is 0 Å². The molecule has 0 fully saturated rings. The van der Waals surface area contributed by atoms with Crippen LogP contribution in [0.4, 0.5) is 0 Å². The molecule has 0 N–H and O–H groups in total. The van der Waals surface area contributed by atoms with E-state index in [1.807, 2.05) is 19.1 Å². The van der Waals surface area contributed by atoms with Crippen LogP contribution in [0.1, 0.15) is 20.3 Å². The first-order valence-electron chi connectivity index (χ1n) is 6.48. The largest absolute Gasteiger partial charge is 0.0984 e. The van der Waals surface area contributed by atoms with E-state index in [1.54, 1.807) is 0 Å². The van der Waals surface area contributed by atoms with Gasteiger partial charge >= 0.3 is 0 Å². The third-order valence-corrected chi connectivity index (χ3v) is 3.37. The van der Waals surface area contributed by atoms with Crippen molar-refractivity contribution in [1.29, 1.82) is 0 Å². The Hall–Kier alpha value is -1.82. The fourth-order valence-corrected chi connectivity index (χ4v) is 2.35. The Labute approximate surface area is 110 Å². The minimum Gasteiger partial charge on any atom is -0.0984 e. The van der Waals surface area contributed by atoms with Crippen molar-refractivity contribution in [2.45, 2.75) is 20.3 Å². The predicted octanol–water partition coefficient (Wildman–Crippen LogP) is 5.06. The first-order chi connectivity index (χ1) is 8.74. The van der Waals surface area contributed by atoms with Crippen molar-refractivity contribution >= 4 is 0 Å². The molecule has 2 aliphatic carbocycles. The summed E-state index contributed by atoms with van der Waals surface area (Å²) < 4.78 is 0. The molecule has 2 aliphatic rings. The Morgan fingerprint density at radius 2 is 2.22 bits per heavy atom. The Balaban J connectivity index is 2.27. The van der Waals surface area contributed by atoms with Crippen LogP contribution in [0.3, 0.4) is 0 Å². The molecule has 0 heterocycles. The molecule has 0 saturated heterocycles. The lowest BCUT2D eigenvalue weighted by Crippen LogP contribution is -2.07. The smallest absolute Gasteiger partial charge is 0.00619 e. The molecule has 0 aromatic carbocycles. The Bertz CT molecular complexity index is 516. The second kappa shape index (κ2) is 5.68. The lowest BCUT2D eigenvalue weighted by atomic mass is 9.82. The first-order valence-corrected chi connectivity index (χ1v) is 6.48. The van der Waals surface area contributed by atoms with Crippen molar-refractivity contribution in [2.75, 3.05) is 0 Å². The van der Waals surface area contributed by atoms with E-state index in [1.165, 1.54) is 22.3 Å². The summed E-state index contributed by atoms with van der Waals surface area (Å²) in [5.74, 6) is 0.530. The zero-order chi connectivity index (χ0) is 13.0. The zero-order valence-corrected chi connectivity index (χ0v) is 11.2. The number of allylic oxidation sites excluding steroid dienone is 13. The highest BCUT2D eigenvalue weighted by molar-refractivity contribution is 5.54. The van der Waals surface area contributed by atoms with Gasteiger partial charge in [-0.1, -0.05) is 66.8 Å². The number of rotatable bonds is 3. The topological polar surface area (TPSA) is 0 Å². The summed E-state index contributed by atoms with van der Waals surface area (Å²) in [5, 5.41) is 0. The molecular formula is C18H20. The molecule has 0 radical (unpaired) electrons. The molecular weight excluding hydrogens is 216 g/mol. The fraction of sp³-hybridized carbons (Fsp3) is 0.222. The maximum absolute atomic E-state index is 3.90. The van der Waals surface area contributed by atoms with E-state index in [4.69, 9.17) is 0 Å². The van der Waals surface area contributed by atoms with Gasteiger partial charge in [-0.05, 0) is 37.0 Å². The van der Waals surface area contributed by atoms with Gasteiger partial charge in [0.25, 0.3) is 0 Å². The molecule has 0 saturated carbocycles. The minimum absolute atomic E-state index is 0.530. The fourth-order valence-electron chi connectivity index (χ4n) is 2.35. The van der Waals surface area contributed by atoms with E-state index in [0.29, 0.717) is 5.92 Å². The van der Waals surface area contributed by atoms with E-state index < -0.39 is 0 Å². The summed E-state index contributed by atoms with van der Waals surface area (Å²) in [7, 11) is 0. The zero-order valence-electron chi connectivity index (χ0n) is 11.2. The second-order valence-electron chi connectivity index (χ2n) is 4.74. The minimum atomic E-state index is 0.530. The maximum Gasteiger partial charge on any atom is 0.00619 e. The van der Waals surface area contributed by atoms with Gasteiger partial charge < -0.3 is 0 Å². The predicted molar refractivity (Wildman–Crippen MR) is 80.3 cm³/mol. The van der Waals surface area contributed by atoms with E-state index in [2.05, 4.69) is 56.0 Å². The van der Waals surface area contributed by atoms with Crippen molar-refractivity contribution in [3.63, 3.8) is 0 Å². The average molecular weight is 236 g/mol. The maximum atomic E-state index is 3.90. The van der Waals surface area contributed by atoms with Gasteiger partial charge in [-0.2, -0.15) is 0 Å². The monoisotopic (exact) mass is 236 g/mol. The van der Waals surface area contributed by atoms with Crippen LogP contribution in [-0.4, -0.2) is 0 Å². The second-order valence-corrected chi connectivity index (χ2v) is 4.74. The van der Waals surface area contributed by atoms with Crippen LogP contribution in [0, 0.1) is 5.92 Å². The summed E-state index contributed by atoms with van der Waals surface area (Å²) in [6, 6.07) is 0. The summed E-state index contributed by atoms with van der Waals surface area (Å²) in [5.41, 5.74) is 5.26. The van der Waals surface area contributed by atoms with Crippen LogP contribution in [0.25, 0.3) is 0 Å². The number of fused-ring (bicyclic) bond motifs is 1. The molecule has 0 spiro atoms. The molecule has 0 nitrogen and oxygen atoms in total. The third kappa shape index (κ3) is 2.70. The molecule has 18 heavy (non-hydrogen) atoms. The van der Waals surface area contributed by atoms with Crippen molar-refractivity contribution in [2.24, 2.45) is 5.92 Å². The average Bonchev–Trinajstić information content (AvgIpc) is 2.39. The summed E-state index contributed by atoms with van der Waals surface area (Å²) in [4.78, 5) is 0.